The zero-order valence-electron chi connectivity index (χ0n) is 10.9. The Morgan fingerprint density at radius 2 is 1.95 bits per heavy atom. The third-order valence-electron chi connectivity index (χ3n) is 3.21. The molecule has 3 rings (SSSR count). The number of hydrogen-bond donors (Lipinski definition) is 1. The molecule has 1 N–H and O–H groups in total. The van der Waals surface area contributed by atoms with Crippen LogP contribution in [-0.4, -0.2) is 19.6 Å². The zero-order valence-corrected chi connectivity index (χ0v) is 11.6. The van der Waals surface area contributed by atoms with Gasteiger partial charge in [-0.05, 0) is 36.4 Å². The number of methoxy groups -OCH3 is 1. The molecular weight excluding hydrogens is 276 g/mol. The Morgan fingerprint density at radius 1 is 1.20 bits per heavy atom. The highest BCUT2D eigenvalue weighted by atomic mass is 35.5. The van der Waals surface area contributed by atoms with E-state index in [2.05, 4.69) is 5.32 Å². The maximum absolute atomic E-state index is 11.8. The van der Waals surface area contributed by atoms with Gasteiger partial charge >= 0.3 is 0 Å². The predicted octanol–water partition coefficient (Wildman–Crippen LogP) is 3.44. The molecule has 20 heavy (non-hydrogen) atoms. The first-order valence-electron chi connectivity index (χ1n) is 6.18. The first kappa shape index (κ1) is 12.8. The number of carbonyl (C=O) groups is 1. The molecule has 0 bridgehead atoms. The summed E-state index contributed by atoms with van der Waals surface area (Å²) in [5.41, 5.74) is 2.60. The van der Waals surface area contributed by atoms with Gasteiger partial charge in [0.15, 0.2) is 0 Å². The smallest absolute Gasteiger partial charge is 0.244 e. The van der Waals surface area contributed by atoms with Gasteiger partial charge in [0.25, 0.3) is 0 Å². The molecule has 1 aliphatic rings. The highest BCUT2D eigenvalue weighted by Gasteiger charge is 2.23. The lowest BCUT2D eigenvalue weighted by Crippen LogP contribution is -2.34. The summed E-state index contributed by atoms with van der Waals surface area (Å²) < 4.78 is 5.25. The van der Waals surface area contributed by atoms with Crippen molar-refractivity contribution in [1.29, 1.82) is 0 Å². The van der Waals surface area contributed by atoms with E-state index in [1.54, 1.807) is 7.11 Å². The molecule has 2 aromatic rings. The van der Waals surface area contributed by atoms with Gasteiger partial charge in [-0.2, -0.15) is 0 Å². The normalized spacial score (nSPS) is 13.7. The van der Waals surface area contributed by atoms with E-state index in [9.17, 15) is 4.79 Å². The van der Waals surface area contributed by atoms with Crippen LogP contribution in [0.5, 0.6) is 5.75 Å². The van der Waals surface area contributed by atoms with Gasteiger partial charge in [0.05, 0.1) is 18.5 Å². The van der Waals surface area contributed by atoms with Crippen molar-refractivity contribution in [1.82, 2.24) is 0 Å². The number of fused-ring (bicyclic) bond motifs is 1. The van der Waals surface area contributed by atoms with Crippen molar-refractivity contribution >= 4 is 34.6 Å². The molecule has 102 valence electrons. The van der Waals surface area contributed by atoms with Crippen molar-refractivity contribution < 1.29 is 9.53 Å². The molecule has 1 aliphatic heterocycles. The van der Waals surface area contributed by atoms with Crippen LogP contribution in [0.1, 0.15) is 0 Å². The number of nitrogens with zero attached hydrogens (tertiary/aromatic N) is 1. The van der Waals surface area contributed by atoms with Gasteiger partial charge in [-0.15, -0.1) is 0 Å². The maximum Gasteiger partial charge on any atom is 0.244 e. The fourth-order valence-electron chi connectivity index (χ4n) is 2.24. The summed E-state index contributed by atoms with van der Waals surface area (Å²) in [5, 5.41) is 3.53. The lowest BCUT2D eigenvalue weighted by atomic mass is 10.1. The van der Waals surface area contributed by atoms with Crippen LogP contribution < -0.4 is 15.0 Å². The molecule has 0 atom stereocenters. The molecule has 0 aromatic heterocycles. The summed E-state index contributed by atoms with van der Waals surface area (Å²) in [6, 6.07) is 13.0. The maximum atomic E-state index is 11.8. The summed E-state index contributed by atoms with van der Waals surface area (Å²) in [6.45, 7) is 0.266. The fourth-order valence-corrected chi connectivity index (χ4v) is 2.36. The minimum absolute atomic E-state index is 0.0439. The number of hydrogen-bond acceptors (Lipinski definition) is 3. The van der Waals surface area contributed by atoms with E-state index in [0.717, 1.165) is 22.8 Å². The van der Waals surface area contributed by atoms with Gasteiger partial charge in [-0.25, -0.2) is 0 Å². The average Bonchev–Trinajstić information content (AvgIpc) is 2.47. The molecule has 5 heteroatoms. The van der Waals surface area contributed by atoms with E-state index < -0.39 is 0 Å². The van der Waals surface area contributed by atoms with Crippen LogP contribution >= 0.6 is 11.6 Å². The quantitative estimate of drug-likeness (QED) is 0.920. The second-order valence-electron chi connectivity index (χ2n) is 4.49. The van der Waals surface area contributed by atoms with Crippen molar-refractivity contribution in [2.24, 2.45) is 0 Å². The van der Waals surface area contributed by atoms with Crippen molar-refractivity contribution in [2.45, 2.75) is 0 Å². The second kappa shape index (κ2) is 5.06. The molecule has 2 aromatic carbocycles. The number of rotatable bonds is 2. The molecular formula is C15H13ClN2O2. The molecule has 4 nitrogen and oxygen atoms in total. The number of nitrogens with one attached hydrogen (secondary N) is 1. The van der Waals surface area contributed by atoms with Gasteiger partial charge in [0.2, 0.25) is 5.91 Å². The first-order valence-corrected chi connectivity index (χ1v) is 6.56. The Bertz CT molecular complexity index is 655. The molecule has 0 fully saturated rings. The Hall–Kier alpha value is -2.20. The Balaban J connectivity index is 2.08. The third kappa shape index (κ3) is 2.30. The highest BCUT2D eigenvalue weighted by Crippen LogP contribution is 2.37. The SMILES string of the molecule is COc1ccc2c(c1)N(c1ccc(Cl)cc1)CC(=O)N2. The lowest BCUT2D eigenvalue weighted by Gasteiger charge is -2.31. The van der Waals surface area contributed by atoms with Gasteiger partial charge < -0.3 is 15.0 Å². The molecule has 0 unspecified atom stereocenters. The first-order chi connectivity index (χ1) is 9.67. The largest absolute Gasteiger partial charge is 0.497 e. The van der Waals surface area contributed by atoms with Crippen LogP contribution in [0.3, 0.4) is 0 Å². The zero-order chi connectivity index (χ0) is 14.1. The van der Waals surface area contributed by atoms with Gasteiger partial charge in [-0.3, -0.25) is 4.79 Å². The molecule has 0 aliphatic carbocycles. The Labute approximate surface area is 121 Å². The summed E-state index contributed by atoms with van der Waals surface area (Å²) >= 11 is 5.91. The number of halogens is 1. The number of carbonyl (C=O) groups excluding carboxylic acids is 1. The summed E-state index contributed by atoms with van der Waals surface area (Å²) in [4.78, 5) is 13.8. The van der Waals surface area contributed by atoms with E-state index in [-0.39, 0.29) is 12.5 Å². The van der Waals surface area contributed by atoms with Crippen molar-refractivity contribution in [2.75, 3.05) is 23.9 Å². The van der Waals surface area contributed by atoms with Crippen LogP contribution in [0.25, 0.3) is 0 Å². The Morgan fingerprint density at radius 3 is 2.65 bits per heavy atom. The minimum atomic E-state index is -0.0439. The lowest BCUT2D eigenvalue weighted by molar-refractivity contribution is -0.115. The summed E-state index contributed by atoms with van der Waals surface area (Å²) in [5.74, 6) is 0.705. The van der Waals surface area contributed by atoms with Crippen LogP contribution in [0.4, 0.5) is 17.1 Å². The van der Waals surface area contributed by atoms with Crippen LogP contribution in [0.2, 0.25) is 5.02 Å². The van der Waals surface area contributed by atoms with Crippen LogP contribution in [0.15, 0.2) is 42.5 Å². The third-order valence-corrected chi connectivity index (χ3v) is 3.46. The molecule has 1 amide bonds. The number of benzene rings is 2. The fraction of sp³-hybridized carbons (Fsp3) is 0.133. The topological polar surface area (TPSA) is 41.6 Å². The van der Waals surface area contributed by atoms with Crippen LogP contribution in [0, 0.1) is 0 Å². The van der Waals surface area contributed by atoms with Crippen LogP contribution in [-0.2, 0) is 4.79 Å². The van der Waals surface area contributed by atoms with E-state index in [1.165, 1.54) is 0 Å². The summed E-state index contributed by atoms with van der Waals surface area (Å²) in [7, 11) is 1.62. The van der Waals surface area contributed by atoms with Gasteiger partial charge in [-0.1, -0.05) is 11.6 Å². The standard InChI is InChI=1S/C15H13ClN2O2/c1-20-12-6-7-13-14(8-12)18(9-15(19)17-13)11-4-2-10(16)3-5-11/h2-8H,9H2,1H3,(H,17,19). The van der Waals surface area contributed by atoms with Crippen molar-refractivity contribution in [3.05, 3.63) is 47.5 Å². The van der Waals surface area contributed by atoms with Crippen molar-refractivity contribution in [3.8, 4) is 5.75 Å². The number of amides is 1. The van der Waals surface area contributed by atoms with E-state index in [1.807, 2.05) is 47.4 Å². The Kier molecular flexibility index (Phi) is 3.24. The number of anilines is 3. The number of ether oxygens (including phenoxy) is 1. The van der Waals surface area contributed by atoms with E-state index in [4.69, 9.17) is 16.3 Å². The van der Waals surface area contributed by atoms with E-state index in [0.29, 0.717) is 5.02 Å². The molecule has 0 saturated heterocycles. The second-order valence-corrected chi connectivity index (χ2v) is 4.93. The van der Waals surface area contributed by atoms with Gasteiger partial charge in [0.1, 0.15) is 12.3 Å². The molecule has 0 spiro atoms. The highest BCUT2D eigenvalue weighted by molar-refractivity contribution is 6.30. The average molecular weight is 289 g/mol. The van der Waals surface area contributed by atoms with Gasteiger partial charge in [0, 0.05) is 16.8 Å². The summed E-state index contributed by atoms with van der Waals surface area (Å²) in [6.07, 6.45) is 0. The molecule has 0 radical (unpaired) electrons. The predicted molar refractivity (Wildman–Crippen MR) is 80.1 cm³/mol. The minimum Gasteiger partial charge on any atom is -0.497 e. The molecule has 0 saturated carbocycles. The van der Waals surface area contributed by atoms with Crippen molar-refractivity contribution in [3.63, 3.8) is 0 Å². The monoisotopic (exact) mass is 288 g/mol. The molecule has 1 heterocycles. The van der Waals surface area contributed by atoms with E-state index >= 15 is 0 Å².